The van der Waals surface area contributed by atoms with Crippen LogP contribution in [0.3, 0.4) is 0 Å². The van der Waals surface area contributed by atoms with E-state index in [0.29, 0.717) is 0 Å². The maximum Gasteiger partial charge on any atom is 0.243 e. The summed E-state index contributed by atoms with van der Waals surface area (Å²) in [6, 6.07) is 2.00. The normalized spacial score (nSPS) is 8.89. The molecule has 0 bridgehead atoms. The highest BCUT2D eigenvalue weighted by Crippen LogP contribution is 1.84. The summed E-state index contributed by atoms with van der Waals surface area (Å²) < 4.78 is 0. The van der Waals surface area contributed by atoms with Crippen LogP contribution in [-0.2, 0) is 9.59 Å². The quantitative estimate of drug-likeness (QED) is 0.211. The third-order valence-electron chi connectivity index (χ3n) is 1.68. The molecule has 0 aliphatic heterocycles. The van der Waals surface area contributed by atoms with Gasteiger partial charge in [0.1, 0.15) is 0 Å². The third kappa shape index (κ3) is 19.8. The molecule has 0 spiro atoms. The van der Waals surface area contributed by atoms with Crippen LogP contribution in [0.25, 0.3) is 0 Å². The maximum absolute atomic E-state index is 10.1. The fraction of sp³-hybridized carbons (Fsp3) is 0.700. The Kier molecular flexibility index (Phi) is 13.7. The van der Waals surface area contributed by atoms with Crippen molar-refractivity contribution in [1.29, 1.82) is 5.41 Å². The topological polar surface area (TPSA) is 132 Å². The molecule has 0 aromatic heterocycles. The van der Waals surface area contributed by atoms with Crippen LogP contribution in [0.5, 0.6) is 0 Å². The lowest BCUT2D eigenvalue weighted by atomic mass is 10.3. The second kappa shape index (κ2) is 13.3. The van der Waals surface area contributed by atoms with Crippen molar-refractivity contribution in [3.05, 3.63) is 0 Å². The summed E-state index contributed by atoms with van der Waals surface area (Å²) in [5.74, 6) is -1.16. The molecular formula is C10H21N5O3. The van der Waals surface area contributed by atoms with Gasteiger partial charge >= 0.3 is 0 Å². The zero-order chi connectivity index (χ0) is 14.4. The number of hydrogen-bond donors (Lipinski definition) is 4. The van der Waals surface area contributed by atoms with E-state index >= 15 is 0 Å². The average molecular weight is 259 g/mol. The summed E-state index contributed by atoms with van der Waals surface area (Å²) in [6.45, 7) is 1.76. The Bertz CT molecular complexity index is 287. The van der Waals surface area contributed by atoms with Crippen LogP contribution < -0.4 is 11.2 Å². The number of rotatable bonds is 7. The highest BCUT2D eigenvalue weighted by Gasteiger charge is 2.00. The number of nitrogens with one attached hydrogen (secondary N) is 2. The van der Waals surface area contributed by atoms with Gasteiger partial charge in [-0.15, -0.1) is 0 Å². The standard InChI is InChI=1S/C6H13N3.C4H8N2O3/c1-9(2)5-3-4-8-6-7;5-3(7)1-2-4(8)6-9/h7H,3-5H2,1-2H3;9H,1-2H2,(H2,5,7)(H,6,8). The van der Waals surface area contributed by atoms with Crippen LogP contribution >= 0.6 is 0 Å². The lowest BCUT2D eigenvalue weighted by molar-refractivity contribution is -0.131. The number of nitrogens with two attached hydrogens (primary N) is 1. The molecule has 0 atom stereocenters. The van der Waals surface area contributed by atoms with Gasteiger partial charge in [-0.1, -0.05) is 0 Å². The van der Waals surface area contributed by atoms with E-state index in [1.54, 1.807) is 0 Å². The summed E-state index contributed by atoms with van der Waals surface area (Å²) in [5, 5.41) is 14.4. The predicted octanol–water partition coefficient (Wildman–Crippen LogP) is -0.552. The number of carbonyl (C=O) groups is 2. The van der Waals surface area contributed by atoms with Crippen molar-refractivity contribution >= 4 is 17.8 Å². The molecule has 0 heterocycles. The molecule has 0 aromatic carbocycles. The van der Waals surface area contributed by atoms with Crippen molar-refractivity contribution in [2.45, 2.75) is 19.3 Å². The monoisotopic (exact) mass is 259 g/mol. The summed E-state index contributed by atoms with van der Waals surface area (Å²) in [6.07, 6.45) is 0.914. The van der Waals surface area contributed by atoms with Gasteiger partial charge in [-0.25, -0.2) is 15.9 Å². The highest BCUT2D eigenvalue weighted by molar-refractivity contribution is 5.82. The molecule has 0 aliphatic carbocycles. The zero-order valence-corrected chi connectivity index (χ0v) is 10.8. The van der Waals surface area contributed by atoms with Crippen LogP contribution in [0.2, 0.25) is 0 Å². The van der Waals surface area contributed by atoms with E-state index in [1.165, 1.54) is 5.48 Å². The minimum Gasteiger partial charge on any atom is -0.370 e. The summed E-state index contributed by atoms with van der Waals surface area (Å²) >= 11 is 0. The number of hydrogen-bond acceptors (Lipinski definition) is 6. The summed E-state index contributed by atoms with van der Waals surface area (Å²) in [7, 11) is 4.04. The first-order valence-electron chi connectivity index (χ1n) is 5.38. The van der Waals surface area contributed by atoms with E-state index in [4.69, 9.17) is 16.4 Å². The molecule has 2 amide bonds. The van der Waals surface area contributed by atoms with Gasteiger partial charge in [0.15, 0.2) is 0 Å². The molecule has 5 N–H and O–H groups in total. The molecule has 0 unspecified atom stereocenters. The Morgan fingerprint density at radius 3 is 2.44 bits per heavy atom. The van der Waals surface area contributed by atoms with Gasteiger partial charge in [0.2, 0.25) is 11.8 Å². The largest absolute Gasteiger partial charge is 0.370 e. The van der Waals surface area contributed by atoms with Gasteiger partial charge in [-0.2, -0.15) is 0 Å². The highest BCUT2D eigenvalue weighted by atomic mass is 16.5. The molecule has 0 aliphatic rings. The van der Waals surface area contributed by atoms with E-state index < -0.39 is 11.8 Å². The van der Waals surface area contributed by atoms with E-state index in [0.717, 1.165) is 19.5 Å². The molecule has 0 saturated heterocycles. The fourth-order valence-electron chi connectivity index (χ4n) is 0.815. The fourth-order valence-corrected chi connectivity index (χ4v) is 0.815. The van der Waals surface area contributed by atoms with E-state index in [2.05, 4.69) is 9.89 Å². The first-order chi connectivity index (χ1) is 8.43. The first kappa shape index (κ1) is 18.6. The smallest absolute Gasteiger partial charge is 0.243 e. The number of hydroxylamine groups is 1. The number of primary amides is 1. The Balaban J connectivity index is 0. The number of amides is 2. The lowest BCUT2D eigenvalue weighted by Gasteiger charge is -2.05. The summed E-state index contributed by atoms with van der Waals surface area (Å²) in [5.41, 5.74) is 6.07. The van der Waals surface area contributed by atoms with Crippen LogP contribution in [0.4, 0.5) is 0 Å². The van der Waals surface area contributed by atoms with Crippen LogP contribution in [-0.4, -0.2) is 55.1 Å². The van der Waals surface area contributed by atoms with Crippen molar-refractivity contribution in [2.75, 3.05) is 27.2 Å². The van der Waals surface area contributed by atoms with Gasteiger partial charge in [-0.05, 0) is 27.1 Å². The van der Waals surface area contributed by atoms with E-state index in [9.17, 15) is 9.59 Å². The molecule has 104 valence electrons. The second-order valence-electron chi connectivity index (χ2n) is 3.65. The van der Waals surface area contributed by atoms with Crippen LogP contribution in [0.15, 0.2) is 4.99 Å². The predicted molar refractivity (Wildman–Crippen MR) is 66.6 cm³/mol. The SMILES string of the molecule is CN(C)CCCN=C=N.NC(=O)CCC(=O)NO. The average Bonchev–Trinajstić information content (AvgIpc) is 2.32. The maximum atomic E-state index is 10.1. The molecule has 8 nitrogen and oxygen atoms in total. The van der Waals surface area contributed by atoms with Crippen molar-refractivity contribution in [1.82, 2.24) is 10.4 Å². The van der Waals surface area contributed by atoms with Crippen molar-refractivity contribution in [3.63, 3.8) is 0 Å². The molecule has 0 fully saturated rings. The van der Waals surface area contributed by atoms with Crippen molar-refractivity contribution in [2.24, 2.45) is 10.7 Å². The van der Waals surface area contributed by atoms with Gasteiger partial charge < -0.3 is 10.6 Å². The minimum atomic E-state index is -0.603. The van der Waals surface area contributed by atoms with Crippen molar-refractivity contribution in [3.8, 4) is 0 Å². The van der Waals surface area contributed by atoms with Gasteiger partial charge in [0, 0.05) is 12.8 Å². The van der Waals surface area contributed by atoms with Gasteiger partial charge in [0.05, 0.1) is 12.6 Å². The van der Waals surface area contributed by atoms with Crippen LogP contribution in [0, 0.1) is 5.41 Å². The lowest BCUT2D eigenvalue weighted by Crippen LogP contribution is -2.21. The molecule has 0 aromatic rings. The molecule has 8 heteroatoms. The van der Waals surface area contributed by atoms with Gasteiger partial charge in [-0.3, -0.25) is 14.8 Å². The molecule has 0 rings (SSSR count). The zero-order valence-electron chi connectivity index (χ0n) is 10.8. The number of nitrogens with zero attached hydrogens (tertiary/aromatic N) is 2. The Hall–Kier alpha value is -1.76. The Morgan fingerprint density at radius 1 is 1.44 bits per heavy atom. The molecular weight excluding hydrogens is 238 g/mol. The third-order valence-corrected chi connectivity index (χ3v) is 1.68. The first-order valence-corrected chi connectivity index (χ1v) is 5.38. The molecule has 0 saturated carbocycles. The molecule has 18 heavy (non-hydrogen) atoms. The number of carbonyl (C=O) groups excluding carboxylic acids is 2. The van der Waals surface area contributed by atoms with E-state index in [1.807, 2.05) is 20.1 Å². The Labute approximate surface area is 106 Å². The number of aliphatic imine (C=N–C) groups is 1. The second-order valence-corrected chi connectivity index (χ2v) is 3.65. The van der Waals surface area contributed by atoms with Gasteiger partial charge in [0.25, 0.3) is 0 Å². The van der Waals surface area contributed by atoms with Crippen LogP contribution in [0.1, 0.15) is 19.3 Å². The Morgan fingerprint density at radius 2 is 2.06 bits per heavy atom. The van der Waals surface area contributed by atoms with Crippen molar-refractivity contribution < 1.29 is 14.8 Å². The minimum absolute atomic E-state index is 0.0353. The van der Waals surface area contributed by atoms with E-state index in [-0.39, 0.29) is 12.8 Å². The summed E-state index contributed by atoms with van der Waals surface area (Å²) in [4.78, 5) is 25.9. The molecule has 0 radical (unpaired) electrons.